The standard InChI is InChI=1S/C21H23F3N2O2/c1-2-3-4-5-9-19(27)25-17-12-10-15(11-13-17)20(28)26-18-8-6-7-16(14-18)21(22,23)24/h6-8,10-14H,2-5,9H2,1H3,(H,25,27)(H,26,28). The number of carbonyl (C=O) groups excluding carboxylic acids is 2. The summed E-state index contributed by atoms with van der Waals surface area (Å²) in [6, 6.07) is 10.6. The number of anilines is 2. The fourth-order valence-electron chi connectivity index (χ4n) is 2.62. The number of halogens is 3. The number of carbonyl (C=O) groups is 2. The maximum Gasteiger partial charge on any atom is 0.416 e. The van der Waals surface area contributed by atoms with Crippen LogP contribution in [0.25, 0.3) is 0 Å². The first-order valence-electron chi connectivity index (χ1n) is 9.18. The molecule has 2 aromatic rings. The molecule has 2 rings (SSSR count). The molecular formula is C21H23F3N2O2. The third-order valence-electron chi connectivity index (χ3n) is 4.14. The highest BCUT2D eigenvalue weighted by Gasteiger charge is 2.30. The third kappa shape index (κ3) is 6.72. The second-order valence-corrected chi connectivity index (χ2v) is 6.47. The molecule has 0 unspecified atom stereocenters. The van der Waals surface area contributed by atoms with Crippen molar-refractivity contribution in [2.45, 2.75) is 45.2 Å². The Morgan fingerprint density at radius 1 is 0.893 bits per heavy atom. The summed E-state index contributed by atoms with van der Waals surface area (Å²) < 4.78 is 38.2. The van der Waals surface area contributed by atoms with Crippen LogP contribution in [0.3, 0.4) is 0 Å². The van der Waals surface area contributed by atoms with E-state index in [0.29, 0.717) is 12.1 Å². The molecule has 2 N–H and O–H groups in total. The second kappa shape index (κ2) is 9.92. The zero-order valence-corrected chi connectivity index (χ0v) is 15.6. The number of unbranched alkanes of at least 4 members (excludes halogenated alkanes) is 3. The molecule has 7 heteroatoms. The quantitative estimate of drug-likeness (QED) is 0.552. The Bertz CT molecular complexity index is 802. The van der Waals surface area contributed by atoms with Gasteiger partial charge in [-0.3, -0.25) is 9.59 Å². The van der Waals surface area contributed by atoms with Crippen LogP contribution >= 0.6 is 0 Å². The molecule has 2 amide bonds. The van der Waals surface area contributed by atoms with Gasteiger partial charge in [-0.05, 0) is 48.9 Å². The van der Waals surface area contributed by atoms with E-state index in [9.17, 15) is 22.8 Å². The van der Waals surface area contributed by atoms with Gasteiger partial charge in [-0.25, -0.2) is 0 Å². The average Bonchev–Trinajstić information content (AvgIpc) is 2.65. The van der Waals surface area contributed by atoms with Crippen LogP contribution in [0.1, 0.15) is 54.9 Å². The Labute approximate surface area is 162 Å². The van der Waals surface area contributed by atoms with E-state index in [1.54, 1.807) is 12.1 Å². The SMILES string of the molecule is CCCCCCC(=O)Nc1ccc(C(=O)Nc2cccc(C(F)(F)F)c2)cc1. The van der Waals surface area contributed by atoms with Crippen molar-refractivity contribution in [2.75, 3.05) is 10.6 Å². The molecule has 0 bridgehead atoms. The first-order valence-corrected chi connectivity index (χ1v) is 9.18. The fourth-order valence-corrected chi connectivity index (χ4v) is 2.62. The van der Waals surface area contributed by atoms with E-state index < -0.39 is 17.6 Å². The Kier molecular flexibility index (Phi) is 7.61. The molecule has 0 aromatic heterocycles. The summed E-state index contributed by atoms with van der Waals surface area (Å²) in [5.41, 5.74) is 0.0704. The summed E-state index contributed by atoms with van der Waals surface area (Å²) in [6.45, 7) is 2.10. The average molecular weight is 392 g/mol. The largest absolute Gasteiger partial charge is 0.416 e. The smallest absolute Gasteiger partial charge is 0.326 e. The molecule has 0 atom stereocenters. The predicted molar refractivity (Wildman–Crippen MR) is 103 cm³/mol. The van der Waals surface area contributed by atoms with Crippen molar-refractivity contribution >= 4 is 23.2 Å². The molecule has 0 aliphatic rings. The lowest BCUT2D eigenvalue weighted by Crippen LogP contribution is -2.14. The van der Waals surface area contributed by atoms with Gasteiger partial charge in [-0.2, -0.15) is 13.2 Å². The van der Waals surface area contributed by atoms with Crippen LogP contribution in [0.2, 0.25) is 0 Å². The minimum Gasteiger partial charge on any atom is -0.326 e. The van der Waals surface area contributed by atoms with Gasteiger partial charge < -0.3 is 10.6 Å². The van der Waals surface area contributed by atoms with Crippen LogP contribution in [-0.4, -0.2) is 11.8 Å². The summed E-state index contributed by atoms with van der Waals surface area (Å²) in [4.78, 5) is 24.1. The third-order valence-corrected chi connectivity index (χ3v) is 4.14. The van der Waals surface area contributed by atoms with Crippen LogP contribution < -0.4 is 10.6 Å². The lowest BCUT2D eigenvalue weighted by Gasteiger charge is -2.10. The van der Waals surface area contributed by atoms with Crippen LogP contribution in [-0.2, 0) is 11.0 Å². The Hall–Kier alpha value is -2.83. The molecule has 28 heavy (non-hydrogen) atoms. The number of hydrogen-bond donors (Lipinski definition) is 2. The second-order valence-electron chi connectivity index (χ2n) is 6.47. The number of nitrogens with one attached hydrogen (secondary N) is 2. The number of hydrogen-bond acceptors (Lipinski definition) is 2. The van der Waals surface area contributed by atoms with Crippen molar-refractivity contribution < 1.29 is 22.8 Å². The monoisotopic (exact) mass is 392 g/mol. The van der Waals surface area contributed by atoms with Gasteiger partial charge in [0.05, 0.1) is 5.56 Å². The minimum absolute atomic E-state index is 0.0595. The Morgan fingerprint density at radius 2 is 1.61 bits per heavy atom. The molecule has 0 radical (unpaired) electrons. The Balaban J connectivity index is 1.92. The normalized spacial score (nSPS) is 11.1. The number of benzene rings is 2. The summed E-state index contributed by atoms with van der Waals surface area (Å²) >= 11 is 0. The van der Waals surface area contributed by atoms with Crippen molar-refractivity contribution in [3.8, 4) is 0 Å². The maximum atomic E-state index is 12.7. The molecule has 0 saturated carbocycles. The highest BCUT2D eigenvalue weighted by Crippen LogP contribution is 2.30. The van der Waals surface area contributed by atoms with Crippen LogP contribution in [0.5, 0.6) is 0 Å². The number of rotatable bonds is 8. The van der Waals surface area contributed by atoms with E-state index in [1.807, 2.05) is 0 Å². The molecule has 0 heterocycles. The van der Waals surface area contributed by atoms with Gasteiger partial charge in [-0.15, -0.1) is 0 Å². The fraction of sp³-hybridized carbons (Fsp3) is 0.333. The highest BCUT2D eigenvalue weighted by atomic mass is 19.4. The summed E-state index contributed by atoms with van der Waals surface area (Å²) in [7, 11) is 0. The number of amides is 2. The molecule has 150 valence electrons. The van der Waals surface area contributed by atoms with Crippen LogP contribution in [0.4, 0.5) is 24.5 Å². The van der Waals surface area contributed by atoms with Gasteiger partial charge in [-0.1, -0.05) is 32.3 Å². The van der Waals surface area contributed by atoms with E-state index in [2.05, 4.69) is 17.6 Å². The molecule has 0 spiro atoms. The maximum absolute atomic E-state index is 12.7. The summed E-state index contributed by atoms with van der Waals surface area (Å²) in [5, 5.41) is 5.21. The minimum atomic E-state index is -4.48. The van der Waals surface area contributed by atoms with E-state index >= 15 is 0 Å². The van der Waals surface area contributed by atoms with Gasteiger partial charge in [0.25, 0.3) is 5.91 Å². The van der Waals surface area contributed by atoms with Crippen LogP contribution in [0, 0.1) is 0 Å². The van der Waals surface area contributed by atoms with Crippen molar-refractivity contribution in [3.05, 3.63) is 59.7 Å². The van der Waals surface area contributed by atoms with Gasteiger partial charge in [0.15, 0.2) is 0 Å². The first kappa shape index (κ1) is 21.5. The molecule has 2 aromatic carbocycles. The summed E-state index contributed by atoms with van der Waals surface area (Å²) in [5.74, 6) is -0.617. The van der Waals surface area contributed by atoms with Gasteiger partial charge in [0.2, 0.25) is 5.91 Å². The highest BCUT2D eigenvalue weighted by molar-refractivity contribution is 6.04. The van der Waals surface area contributed by atoms with Crippen LogP contribution in [0.15, 0.2) is 48.5 Å². The first-order chi connectivity index (χ1) is 13.3. The lowest BCUT2D eigenvalue weighted by molar-refractivity contribution is -0.137. The van der Waals surface area contributed by atoms with Crippen molar-refractivity contribution in [3.63, 3.8) is 0 Å². The molecule has 4 nitrogen and oxygen atoms in total. The predicted octanol–water partition coefficient (Wildman–Crippen LogP) is 5.87. The van der Waals surface area contributed by atoms with Gasteiger partial charge >= 0.3 is 6.18 Å². The topological polar surface area (TPSA) is 58.2 Å². The Morgan fingerprint density at radius 3 is 2.25 bits per heavy atom. The molecular weight excluding hydrogens is 369 g/mol. The number of alkyl halides is 3. The van der Waals surface area contributed by atoms with E-state index in [4.69, 9.17) is 0 Å². The molecule has 0 fully saturated rings. The lowest BCUT2D eigenvalue weighted by atomic mass is 10.1. The molecule has 0 saturated heterocycles. The van der Waals surface area contributed by atoms with Gasteiger partial charge in [0, 0.05) is 23.4 Å². The van der Waals surface area contributed by atoms with E-state index in [1.165, 1.54) is 24.3 Å². The van der Waals surface area contributed by atoms with E-state index in [-0.39, 0.29) is 17.2 Å². The van der Waals surface area contributed by atoms with E-state index in [0.717, 1.165) is 37.8 Å². The molecule has 0 aliphatic carbocycles. The van der Waals surface area contributed by atoms with Gasteiger partial charge in [0.1, 0.15) is 0 Å². The zero-order valence-electron chi connectivity index (χ0n) is 15.6. The van der Waals surface area contributed by atoms with Crippen molar-refractivity contribution in [2.24, 2.45) is 0 Å². The van der Waals surface area contributed by atoms with Crippen molar-refractivity contribution in [1.29, 1.82) is 0 Å². The summed E-state index contributed by atoms with van der Waals surface area (Å²) in [6.07, 6.45) is 0.0131. The van der Waals surface area contributed by atoms with Crippen molar-refractivity contribution in [1.82, 2.24) is 0 Å². The molecule has 0 aliphatic heterocycles. The zero-order chi connectivity index (χ0) is 20.6.